The van der Waals surface area contributed by atoms with Crippen molar-refractivity contribution < 1.29 is 19.4 Å². The van der Waals surface area contributed by atoms with Crippen LogP contribution in [0.4, 0.5) is 4.79 Å². The van der Waals surface area contributed by atoms with Gasteiger partial charge in [-0.25, -0.2) is 9.59 Å². The molecule has 0 aromatic carbocycles. The molecule has 0 radical (unpaired) electrons. The molecule has 0 saturated carbocycles. The molecule has 0 spiro atoms. The number of aromatic nitrogens is 1. The number of hydrogen-bond donors (Lipinski definition) is 3. The Morgan fingerprint density at radius 1 is 1.33 bits per heavy atom. The lowest BCUT2D eigenvalue weighted by atomic mass is 10.0. The molecule has 114 valence electrons. The molecule has 0 unspecified atom stereocenters. The molecule has 1 fully saturated rings. The van der Waals surface area contributed by atoms with Crippen LogP contribution in [-0.2, 0) is 11.3 Å². The van der Waals surface area contributed by atoms with Crippen LogP contribution in [0, 0.1) is 5.92 Å². The molecule has 1 aromatic rings. The first kappa shape index (κ1) is 15.2. The Bertz CT molecular complexity index is 501. The van der Waals surface area contributed by atoms with E-state index in [1.807, 2.05) is 0 Å². The van der Waals surface area contributed by atoms with Gasteiger partial charge in [-0.2, -0.15) is 0 Å². The number of pyridine rings is 1. The highest BCUT2D eigenvalue weighted by Gasteiger charge is 2.14. The minimum atomic E-state index is -1.01. The zero-order chi connectivity index (χ0) is 15.1. The van der Waals surface area contributed by atoms with Crippen LogP contribution in [0.5, 0.6) is 0 Å². The molecule has 2 amide bonds. The Labute approximate surface area is 122 Å². The maximum Gasteiger partial charge on any atom is 0.335 e. The molecule has 2 rings (SSSR count). The van der Waals surface area contributed by atoms with Gasteiger partial charge in [0, 0.05) is 26.0 Å². The quantitative estimate of drug-likeness (QED) is 0.752. The standard InChI is InChI=1S/C14H19N3O4/c18-13(19)11-1-4-15-12(7-11)9-17-14(20)16-8-10-2-5-21-6-3-10/h1,4,7,10H,2-3,5-6,8-9H2,(H,18,19)(H2,16,17,20). The number of carbonyl (C=O) groups is 2. The summed E-state index contributed by atoms with van der Waals surface area (Å²) in [7, 11) is 0. The third-order valence-electron chi connectivity index (χ3n) is 3.39. The minimum Gasteiger partial charge on any atom is -0.478 e. The summed E-state index contributed by atoms with van der Waals surface area (Å²) in [6.07, 6.45) is 3.34. The van der Waals surface area contributed by atoms with Gasteiger partial charge in [0.2, 0.25) is 0 Å². The van der Waals surface area contributed by atoms with Crippen LogP contribution >= 0.6 is 0 Å². The molecule has 21 heavy (non-hydrogen) atoms. The van der Waals surface area contributed by atoms with Gasteiger partial charge in [-0.15, -0.1) is 0 Å². The Morgan fingerprint density at radius 3 is 2.81 bits per heavy atom. The van der Waals surface area contributed by atoms with Gasteiger partial charge in [0.15, 0.2) is 0 Å². The molecule has 3 N–H and O–H groups in total. The molecule has 7 heteroatoms. The van der Waals surface area contributed by atoms with Crippen LogP contribution in [0.3, 0.4) is 0 Å². The third kappa shape index (κ3) is 5.03. The van der Waals surface area contributed by atoms with Crippen LogP contribution in [0.1, 0.15) is 28.9 Å². The summed E-state index contributed by atoms with van der Waals surface area (Å²) in [5.41, 5.74) is 0.667. The van der Waals surface area contributed by atoms with Gasteiger partial charge < -0.3 is 20.5 Å². The van der Waals surface area contributed by atoms with Crippen molar-refractivity contribution in [2.75, 3.05) is 19.8 Å². The van der Waals surface area contributed by atoms with E-state index >= 15 is 0 Å². The molecule has 0 aliphatic carbocycles. The third-order valence-corrected chi connectivity index (χ3v) is 3.39. The average Bonchev–Trinajstić information content (AvgIpc) is 2.52. The number of nitrogens with zero attached hydrogens (tertiary/aromatic N) is 1. The predicted molar refractivity (Wildman–Crippen MR) is 75.0 cm³/mol. The van der Waals surface area contributed by atoms with Crippen LogP contribution < -0.4 is 10.6 Å². The summed E-state index contributed by atoms with van der Waals surface area (Å²) in [5, 5.41) is 14.4. The summed E-state index contributed by atoms with van der Waals surface area (Å²) in [6, 6.07) is 2.59. The Balaban J connectivity index is 1.73. The number of carboxylic acids is 1. The van der Waals surface area contributed by atoms with Crippen LogP contribution in [0.25, 0.3) is 0 Å². The van der Waals surface area contributed by atoms with Gasteiger partial charge >= 0.3 is 12.0 Å². The van der Waals surface area contributed by atoms with Crippen molar-refractivity contribution >= 4 is 12.0 Å². The number of carboxylic acid groups (broad SMARTS) is 1. The zero-order valence-electron chi connectivity index (χ0n) is 11.7. The maximum atomic E-state index is 11.7. The predicted octanol–water partition coefficient (Wildman–Crippen LogP) is 1.01. The van der Waals surface area contributed by atoms with Gasteiger partial charge in [0.05, 0.1) is 17.8 Å². The Kier molecular flexibility index (Phi) is 5.51. The summed E-state index contributed by atoms with van der Waals surface area (Å²) in [4.78, 5) is 26.5. The number of nitrogens with one attached hydrogen (secondary N) is 2. The number of aromatic carboxylic acids is 1. The highest BCUT2D eigenvalue weighted by molar-refractivity contribution is 5.87. The Morgan fingerprint density at radius 2 is 2.10 bits per heavy atom. The molecule has 1 saturated heterocycles. The zero-order valence-corrected chi connectivity index (χ0v) is 11.7. The summed E-state index contributed by atoms with van der Waals surface area (Å²) < 4.78 is 5.26. The number of amides is 2. The topological polar surface area (TPSA) is 101 Å². The summed E-state index contributed by atoms with van der Waals surface area (Å²) >= 11 is 0. The van der Waals surface area contributed by atoms with E-state index in [1.165, 1.54) is 18.3 Å². The molecule has 0 bridgehead atoms. The fourth-order valence-electron chi connectivity index (χ4n) is 2.13. The van der Waals surface area contributed by atoms with E-state index in [9.17, 15) is 9.59 Å². The average molecular weight is 293 g/mol. The van der Waals surface area contributed by atoms with Gasteiger partial charge in [0.1, 0.15) is 0 Å². The second kappa shape index (κ2) is 7.58. The van der Waals surface area contributed by atoms with E-state index in [-0.39, 0.29) is 18.1 Å². The first-order valence-corrected chi connectivity index (χ1v) is 6.93. The van der Waals surface area contributed by atoms with E-state index < -0.39 is 5.97 Å². The monoisotopic (exact) mass is 293 g/mol. The van der Waals surface area contributed by atoms with Gasteiger partial charge in [-0.05, 0) is 30.9 Å². The number of ether oxygens (including phenoxy) is 1. The van der Waals surface area contributed by atoms with Crippen molar-refractivity contribution in [2.45, 2.75) is 19.4 Å². The van der Waals surface area contributed by atoms with Crippen molar-refractivity contribution in [1.29, 1.82) is 0 Å². The highest BCUT2D eigenvalue weighted by Crippen LogP contribution is 2.12. The molecule has 7 nitrogen and oxygen atoms in total. The normalized spacial score (nSPS) is 15.4. The fourth-order valence-corrected chi connectivity index (χ4v) is 2.13. The largest absolute Gasteiger partial charge is 0.478 e. The van der Waals surface area contributed by atoms with Gasteiger partial charge in [0.25, 0.3) is 0 Å². The lowest BCUT2D eigenvalue weighted by molar-refractivity contribution is 0.0669. The van der Waals surface area contributed by atoms with Crippen molar-refractivity contribution in [3.05, 3.63) is 29.6 Å². The van der Waals surface area contributed by atoms with Crippen molar-refractivity contribution in [3.63, 3.8) is 0 Å². The molecular formula is C14H19N3O4. The Hall–Kier alpha value is -2.15. The van der Waals surface area contributed by atoms with Crippen LogP contribution in [-0.4, -0.2) is 41.8 Å². The van der Waals surface area contributed by atoms with Crippen LogP contribution in [0.15, 0.2) is 18.3 Å². The molecule has 0 atom stereocenters. The number of rotatable bonds is 5. The van der Waals surface area contributed by atoms with Crippen LogP contribution in [0.2, 0.25) is 0 Å². The number of urea groups is 1. The van der Waals surface area contributed by atoms with E-state index in [4.69, 9.17) is 9.84 Å². The van der Waals surface area contributed by atoms with E-state index in [0.29, 0.717) is 18.2 Å². The lowest BCUT2D eigenvalue weighted by Gasteiger charge is -2.22. The van der Waals surface area contributed by atoms with Crippen molar-refractivity contribution in [2.24, 2.45) is 5.92 Å². The second-order valence-corrected chi connectivity index (χ2v) is 4.96. The highest BCUT2D eigenvalue weighted by atomic mass is 16.5. The van der Waals surface area contributed by atoms with Crippen molar-refractivity contribution in [1.82, 2.24) is 15.6 Å². The number of carbonyl (C=O) groups excluding carboxylic acids is 1. The van der Waals surface area contributed by atoms with E-state index in [1.54, 1.807) is 0 Å². The summed E-state index contributed by atoms with van der Waals surface area (Å²) in [6.45, 7) is 2.32. The minimum absolute atomic E-state index is 0.157. The molecule has 1 aliphatic heterocycles. The molecule has 1 aromatic heterocycles. The smallest absolute Gasteiger partial charge is 0.335 e. The first-order valence-electron chi connectivity index (χ1n) is 6.93. The number of hydrogen-bond acceptors (Lipinski definition) is 4. The molecular weight excluding hydrogens is 274 g/mol. The van der Waals surface area contributed by atoms with E-state index in [2.05, 4.69) is 15.6 Å². The molecule has 1 aliphatic rings. The SMILES string of the molecule is O=C(NCc1cc(C(=O)O)ccn1)NCC1CCOCC1. The van der Waals surface area contributed by atoms with Crippen molar-refractivity contribution in [3.8, 4) is 0 Å². The second-order valence-electron chi connectivity index (χ2n) is 4.96. The summed E-state index contributed by atoms with van der Waals surface area (Å²) in [5.74, 6) is -0.555. The first-order chi connectivity index (χ1) is 10.1. The van der Waals surface area contributed by atoms with Gasteiger partial charge in [-0.1, -0.05) is 0 Å². The lowest BCUT2D eigenvalue weighted by Crippen LogP contribution is -2.39. The maximum absolute atomic E-state index is 11.7. The van der Waals surface area contributed by atoms with Gasteiger partial charge in [-0.3, -0.25) is 4.98 Å². The molecule has 2 heterocycles. The van der Waals surface area contributed by atoms with E-state index in [0.717, 1.165) is 26.1 Å². The fraction of sp³-hybridized carbons (Fsp3) is 0.500.